The monoisotopic (exact) mass is 466 g/mol. The van der Waals surface area contributed by atoms with Gasteiger partial charge in [-0.3, -0.25) is 9.36 Å². The van der Waals surface area contributed by atoms with Gasteiger partial charge in [0.2, 0.25) is 0 Å². The van der Waals surface area contributed by atoms with Crippen molar-refractivity contribution in [3.8, 4) is 5.69 Å². The molecule has 0 aliphatic rings. The van der Waals surface area contributed by atoms with Gasteiger partial charge in [0.15, 0.2) is 0 Å². The number of anilines is 1. The van der Waals surface area contributed by atoms with Crippen molar-refractivity contribution in [2.75, 3.05) is 5.32 Å². The first kappa shape index (κ1) is 21.1. The molecule has 1 N–H and O–H groups in total. The van der Waals surface area contributed by atoms with Gasteiger partial charge in [0, 0.05) is 17.6 Å². The van der Waals surface area contributed by atoms with Gasteiger partial charge >= 0.3 is 6.18 Å². The minimum absolute atomic E-state index is 0.235. The molecule has 5 rings (SSSR count). The van der Waals surface area contributed by atoms with Crippen molar-refractivity contribution in [2.45, 2.75) is 19.1 Å². The highest BCUT2D eigenvalue weighted by Crippen LogP contribution is 2.35. The summed E-state index contributed by atoms with van der Waals surface area (Å²) >= 11 is 1.41. The summed E-state index contributed by atoms with van der Waals surface area (Å²) in [6.45, 7) is 1.85. The summed E-state index contributed by atoms with van der Waals surface area (Å²) in [6.07, 6.45) is -2.98. The normalized spacial score (nSPS) is 12.8. The molecule has 166 valence electrons. The van der Waals surface area contributed by atoms with E-state index in [4.69, 9.17) is 0 Å². The van der Waals surface area contributed by atoms with Gasteiger partial charge in [-0.1, -0.05) is 30.3 Å². The Hall–Kier alpha value is -3.72. The van der Waals surface area contributed by atoms with E-state index in [-0.39, 0.29) is 10.8 Å². The van der Waals surface area contributed by atoms with E-state index in [9.17, 15) is 18.0 Å². The fourth-order valence-corrected chi connectivity index (χ4v) is 4.63. The van der Waals surface area contributed by atoms with Gasteiger partial charge in [-0.05, 0) is 42.6 Å². The zero-order valence-corrected chi connectivity index (χ0v) is 18.1. The third kappa shape index (κ3) is 3.74. The number of thiazole rings is 1. The van der Waals surface area contributed by atoms with Crippen molar-refractivity contribution < 1.29 is 13.2 Å². The van der Waals surface area contributed by atoms with Crippen LogP contribution in [0.5, 0.6) is 0 Å². The number of aromatic nitrogens is 3. The Kier molecular flexibility index (Phi) is 5.13. The van der Waals surface area contributed by atoms with Crippen LogP contribution in [0.2, 0.25) is 0 Å². The molecule has 0 saturated carbocycles. The maximum Gasteiger partial charge on any atom is 0.417 e. The topological polar surface area (TPSA) is 59.8 Å². The van der Waals surface area contributed by atoms with Gasteiger partial charge in [0.25, 0.3) is 5.56 Å². The number of fused-ring (bicyclic) bond motifs is 2. The Morgan fingerprint density at radius 3 is 2.58 bits per heavy atom. The molecule has 0 unspecified atom stereocenters. The standard InChI is InChI=1S/C24H17F3N4OS/c1-14(30-18-10-11-28-22-21(18)29-13-33-22)19-12-15-6-5-9-17(24(25,26)27)20(15)23(32)31(19)16-7-3-2-4-8-16/h2-14H,1H3,(H,28,30)/t14-/m0/s1. The van der Waals surface area contributed by atoms with Crippen molar-refractivity contribution in [1.29, 1.82) is 0 Å². The quantitative estimate of drug-likeness (QED) is 0.343. The predicted molar refractivity (Wildman–Crippen MR) is 124 cm³/mol. The molecular formula is C24H17F3N4OS. The fraction of sp³-hybridized carbons (Fsp3) is 0.125. The van der Waals surface area contributed by atoms with Crippen molar-refractivity contribution >= 4 is 38.1 Å². The lowest BCUT2D eigenvalue weighted by Crippen LogP contribution is -2.27. The number of rotatable bonds is 4. The van der Waals surface area contributed by atoms with E-state index >= 15 is 0 Å². The molecule has 0 bridgehead atoms. The first-order valence-corrected chi connectivity index (χ1v) is 11.0. The van der Waals surface area contributed by atoms with E-state index in [0.29, 0.717) is 16.9 Å². The Bertz CT molecular complexity index is 1530. The molecule has 0 amide bonds. The van der Waals surface area contributed by atoms with Crippen LogP contribution in [0.1, 0.15) is 24.2 Å². The lowest BCUT2D eigenvalue weighted by Gasteiger charge is -2.22. The number of alkyl halides is 3. The molecule has 0 radical (unpaired) electrons. The van der Waals surface area contributed by atoms with Crippen LogP contribution in [-0.4, -0.2) is 14.5 Å². The summed E-state index contributed by atoms with van der Waals surface area (Å²) in [6, 6.07) is 15.5. The third-order valence-corrected chi connectivity index (χ3v) is 6.18. The van der Waals surface area contributed by atoms with Gasteiger partial charge in [-0.2, -0.15) is 13.2 Å². The van der Waals surface area contributed by atoms with Crippen molar-refractivity contribution in [1.82, 2.24) is 14.5 Å². The summed E-state index contributed by atoms with van der Waals surface area (Å²) < 4.78 is 42.5. The number of nitrogens with one attached hydrogen (secondary N) is 1. The van der Waals surface area contributed by atoms with Crippen LogP contribution in [0.4, 0.5) is 18.9 Å². The summed E-state index contributed by atoms with van der Waals surface area (Å²) in [7, 11) is 0. The van der Waals surface area contributed by atoms with Crippen molar-refractivity contribution in [3.63, 3.8) is 0 Å². The molecule has 0 saturated heterocycles. The Morgan fingerprint density at radius 2 is 1.82 bits per heavy atom. The van der Waals surface area contributed by atoms with Crippen molar-refractivity contribution in [2.24, 2.45) is 0 Å². The average molecular weight is 466 g/mol. The number of benzene rings is 2. The van der Waals surface area contributed by atoms with Gasteiger partial charge < -0.3 is 5.32 Å². The number of hydrogen-bond acceptors (Lipinski definition) is 5. The largest absolute Gasteiger partial charge is 0.417 e. The van der Waals surface area contributed by atoms with Crippen LogP contribution in [0.25, 0.3) is 26.8 Å². The Labute approximate surface area is 190 Å². The summed E-state index contributed by atoms with van der Waals surface area (Å²) in [4.78, 5) is 23.0. The number of pyridine rings is 2. The molecular weight excluding hydrogens is 449 g/mol. The zero-order chi connectivity index (χ0) is 23.2. The van der Waals surface area contributed by atoms with Gasteiger partial charge in [0.05, 0.1) is 28.2 Å². The predicted octanol–water partition coefficient (Wildman–Crippen LogP) is 6.19. The van der Waals surface area contributed by atoms with Crippen molar-refractivity contribution in [3.05, 3.63) is 94.0 Å². The van der Waals surface area contributed by atoms with Crippen LogP contribution in [0.3, 0.4) is 0 Å². The van der Waals surface area contributed by atoms with Gasteiger partial charge in [0.1, 0.15) is 10.3 Å². The number of nitrogens with zero attached hydrogens (tertiary/aromatic N) is 3. The first-order chi connectivity index (χ1) is 15.8. The van der Waals surface area contributed by atoms with Crippen LogP contribution in [0.15, 0.2) is 77.2 Å². The maximum absolute atomic E-state index is 13.7. The maximum atomic E-state index is 13.7. The Morgan fingerprint density at radius 1 is 1.03 bits per heavy atom. The molecule has 33 heavy (non-hydrogen) atoms. The summed E-state index contributed by atoms with van der Waals surface area (Å²) in [5.41, 5.74) is 2.47. The second kappa shape index (κ2) is 8.00. The number of halogens is 3. The first-order valence-electron chi connectivity index (χ1n) is 10.1. The van der Waals surface area contributed by atoms with E-state index in [1.165, 1.54) is 28.0 Å². The molecule has 5 nitrogen and oxygen atoms in total. The fourth-order valence-electron chi connectivity index (χ4n) is 3.98. The van der Waals surface area contributed by atoms with E-state index in [0.717, 1.165) is 16.6 Å². The molecule has 3 aromatic heterocycles. The van der Waals surface area contributed by atoms with E-state index in [1.807, 2.05) is 6.92 Å². The molecule has 0 aliphatic heterocycles. The SMILES string of the molecule is C[C@H](Nc1ccnc2scnc12)c1cc2cccc(C(F)(F)F)c2c(=O)n1-c1ccccc1. The third-order valence-electron chi connectivity index (χ3n) is 5.45. The minimum atomic E-state index is -4.65. The van der Waals surface area contributed by atoms with E-state index < -0.39 is 23.3 Å². The number of hydrogen-bond donors (Lipinski definition) is 1. The molecule has 9 heteroatoms. The molecule has 3 heterocycles. The molecule has 0 aliphatic carbocycles. The zero-order valence-electron chi connectivity index (χ0n) is 17.3. The highest BCUT2D eigenvalue weighted by molar-refractivity contribution is 7.16. The molecule has 0 fully saturated rings. The second-order valence-electron chi connectivity index (χ2n) is 7.54. The van der Waals surface area contributed by atoms with Crippen LogP contribution in [-0.2, 0) is 6.18 Å². The smallest absolute Gasteiger partial charge is 0.375 e. The number of para-hydroxylation sites is 1. The molecule has 0 spiro atoms. The Balaban J connectivity index is 1.74. The van der Waals surface area contributed by atoms with Gasteiger partial charge in [-0.25, -0.2) is 9.97 Å². The average Bonchev–Trinajstić information content (AvgIpc) is 3.28. The van der Waals surface area contributed by atoms with Gasteiger partial charge in [-0.15, -0.1) is 11.3 Å². The summed E-state index contributed by atoms with van der Waals surface area (Å²) in [5, 5.41) is 3.24. The highest BCUT2D eigenvalue weighted by atomic mass is 32.1. The van der Waals surface area contributed by atoms with Crippen LogP contribution < -0.4 is 10.9 Å². The lowest BCUT2D eigenvalue weighted by molar-refractivity contribution is -0.136. The molecule has 5 aromatic rings. The minimum Gasteiger partial charge on any atom is -0.375 e. The van der Waals surface area contributed by atoms with Crippen LogP contribution in [0, 0.1) is 0 Å². The van der Waals surface area contributed by atoms with E-state index in [1.54, 1.807) is 54.2 Å². The molecule has 1 atom stereocenters. The van der Waals surface area contributed by atoms with E-state index in [2.05, 4.69) is 15.3 Å². The lowest BCUT2D eigenvalue weighted by atomic mass is 10.0. The molecule has 2 aromatic carbocycles. The second-order valence-corrected chi connectivity index (χ2v) is 8.38. The summed E-state index contributed by atoms with van der Waals surface area (Å²) in [5.74, 6) is 0. The van der Waals surface area contributed by atoms with Crippen LogP contribution >= 0.6 is 11.3 Å². The highest BCUT2D eigenvalue weighted by Gasteiger charge is 2.34.